The summed E-state index contributed by atoms with van der Waals surface area (Å²) in [6.45, 7) is 8.28. The Labute approximate surface area is 163 Å². The van der Waals surface area contributed by atoms with E-state index < -0.39 is 0 Å². The largest absolute Gasteiger partial charge is 0.366 e. The number of nitrogens with zero attached hydrogens (tertiary/aromatic N) is 2. The molecule has 1 aliphatic rings. The van der Waals surface area contributed by atoms with E-state index >= 15 is 0 Å². The minimum Gasteiger partial charge on any atom is -0.366 e. The van der Waals surface area contributed by atoms with Crippen molar-refractivity contribution < 1.29 is 9.53 Å². The highest BCUT2D eigenvalue weighted by atomic mass is 35.5. The molecule has 1 aromatic carbocycles. The average molecular weight is 392 g/mol. The van der Waals surface area contributed by atoms with Gasteiger partial charge in [0, 0.05) is 33.2 Å². The molecule has 25 heavy (non-hydrogen) atoms. The van der Waals surface area contributed by atoms with Gasteiger partial charge in [-0.1, -0.05) is 44.2 Å². The van der Waals surface area contributed by atoms with Crippen LogP contribution in [-0.2, 0) is 16.1 Å². The molecule has 5 nitrogen and oxygen atoms in total. The molecule has 1 unspecified atom stereocenters. The molecule has 1 aliphatic heterocycles. The van der Waals surface area contributed by atoms with Crippen molar-refractivity contribution in [2.45, 2.75) is 26.5 Å². The van der Waals surface area contributed by atoms with Crippen molar-refractivity contribution >= 4 is 30.7 Å². The minimum absolute atomic E-state index is 0. The molecular weight excluding hydrogens is 361 g/mol. The Hall–Kier alpha value is -0.850. The van der Waals surface area contributed by atoms with Crippen LogP contribution in [0.2, 0.25) is 0 Å². The fourth-order valence-corrected chi connectivity index (χ4v) is 2.87. The predicted molar refractivity (Wildman–Crippen MR) is 106 cm³/mol. The molecule has 2 N–H and O–H groups in total. The summed E-state index contributed by atoms with van der Waals surface area (Å²) in [7, 11) is 1.83. The third-order valence-electron chi connectivity index (χ3n) is 4.27. The average Bonchev–Trinajstić information content (AvgIpc) is 2.55. The van der Waals surface area contributed by atoms with Gasteiger partial charge in [0.05, 0.1) is 6.61 Å². The maximum atomic E-state index is 12.6. The summed E-state index contributed by atoms with van der Waals surface area (Å²) >= 11 is 0. The van der Waals surface area contributed by atoms with E-state index in [0.29, 0.717) is 26.2 Å². The zero-order chi connectivity index (χ0) is 16.9. The van der Waals surface area contributed by atoms with E-state index in [0.717, 1.165) is 13.1 Å². The molecular formula is C18H31Cl2N3O2. The summed E-state index contributed by atoms with van der Waals surface area (Å²) in [4.78, 5) is 16.7. The number of carbonyl (C=O) groups is 1. The SMILES string of the molecule is CN(CC(C)(C)CN)C(=O)C1CN(Cc2ccccc2)CCO1.Cl.Cl. The molecule has 0 radical (unpaired) electrons. The number of benzene rings is 1. The Bertz CT molecular complexity index is 514. The predicted octanol–water partition coefficient (Wildman–Crippen LogP) is 2.17. The second kappa shape index (κ2) is 11.0. The third kappa shape index (κ3) is 7.50. The van der Waals surface area contributed by atoms with E-state index in [1.165, 1.54) is 5.56 Å². The van der Waals surface area contributed by atoms with E-state index in [2.05, 4.69) is 30.9 Å². The van der Waals surface area contributed by atoms with Gasteiger partial charge in [-0.05, 0) is 17.5 Å². The first-order valence-corrected chi connectivity index (χ1v) is 8.24. The van der Waals surface area contributed by atoms with E-state index in [1.54, 1.807) is 4.90 Å². The van der Waals surface area contributed by atoms with E-state index in [-0.39, 0.29) is 42.2 Å². The second-order valence-corrected chi connectivity index (χ2v) is 7.14. The molecule has 1 saturated heterocycles. The van der Waals surface area contributed by atoms with Crippen LogP contribution in [0.15, 0.2) is 30.3 Å². The van der Waals surface area contributed by atoms with Crippen molar-refractivity contribution in [1.82, 2.24) is 9.80 Å². The maximum absolute atomic E-state index is 12.6. The molecule has 7 heteroatoms. The highest BCUT2D eigenvalue weighted by molar-refractivity contribution is 5.85. The molecule has 0 bridgehead atoms. The molecule has 144 valence electrons. The molecule has 1 aromatic rings. The number of likely N-dealkylation sites (N-methyl/N-ethyl adjacent to an activating group) is 1. The van der Waals surface area contributed by atoms with E-state index in [9.17, 15) is 4.79 Å². The second-order valence-electron chi connectivity index (χ2n) is 7.14. The summed E-state index contributed by atoms with van der Waals surface area (Å²) in [5.74, 6) is 0.0456. The third-order valence-corrected chi connectivity index (χ3v) is 4.27. The molecule has 2 rings (SSSR count). The summed E-state index contributed by atoms with van der Waals surface area (Å²) in [5.41, 5.74) is 6.95. The Balaban J connectivity index is 0.00000288. The smallest absolute Gasteiger partial charge is 0.252 e. The molecule has 1 heterocycles. The molecule has 1 fully saturated rings. The first kappa shape index (κ1) is 24.1. The van der Waals surface area contributed by atoms with Gasteiger partial charge in [0.1, 0.15) is 6.10 Å². The number of hydrogen-bond donors (Lipinski definition) is 1. The zero-order valence-electron chi connectivity index (χ0n) is 15.3. The van der Waals surface area contributed by atoms with Crippen LogP contribution in [0.3, 0.4) is 0 Å². The van der Waals surface area contributed by atoms with Crippen LogP contribution in [0.25, 0.3) is 0 Å². The van der Waals surface area contributed by atoms with Gasteiger partial charge in [0.25, 0.3) is 5.91 Å². The van der Waals surface area contributed by atoms with Crippen molar-refractivity contribution in [3.63, 3.8) is 0 Å². The Morgan fingerprint density at radius 3 is 2.56 bits per heavy atom. The molecule has 0 saturated carbocycles. The van der Waals surface area contributed by atoms with Crippen LogP contribution in [-0.4, -0.2) is 61.6 Å². The highest BCUT2D eigenvalue weighted by Gasteiger charge is 2.31. The number of halogens is 2. The van der Waals surface area contributed by atoms with Crippen molar-refractivity contribution in [2.75, 3.05) is 39.8 Å². The monoisotopic (exact) mass is 391 g/mol. The normalized spacial score (nSPS) is 18.0. The maximum Gasteiger partial charge on any atom is 0.252 e. The Morgan fingerprint density at radius 2 is 1.96 bits per heavy atom. The van der Waals surface area contributed by atoms with Gasteiger partial charge in [-0.2, -0.15) is 0 Å². The molecule has 1 atom stereocenters. The zero-order valence-corrected chi connectivity index (χ0v) is 16.9. The van der Waals surface area contributed by atoms with E-state index in [4.69, 9.17) is 10.5 Å². The summed E-state index contributed by atoms with van der Waals surface area (Å²) in [6.07, 6.45) is -0.383. The van der Waals surface area contributed by atoms with Crippen molar-refractivity contribution in [2.24, 2.45) is 11.1 Å². The lowest BCUT2D eigenvalue weighted by atomic mass is 9.93. The van der Waals surface area contributed by atoms with Crippen LogP contribution in [0.4, 0.5) is 0 Å². The highest BCUT2D eigenvalue weighted by Crippen LogP contribution is 2.17. The van der Waals surface area contributed by atoms with Crippen molar-refractivity contribution in [3.8, 4) is 0 Å². The quantitative estimate of drug-likeness (QED) is 0.806. The molecule has 0 aromatic heterocycles. The number of carbonyl (C=O) groups excluding carboxylic acids is 1. The lowest BCUT2D eigenvalue weighted by molar-refractivity contribution is -0.149. The van der Waals surface area contributed by atoms with Crippen molar-refractivity contribution in [1.29, 1.82) is 0 Å². The first-order valence-electron chi connectivity index (χ1n) is 8.24. The standard InChI is InChI=1S/C18H29N3O2.2ClH/c1-18(2,13-19)14-20(3)17(22)16-12-21(9-10-23-16)11-15-7-5-4-6-8-15;;/h4-8,16H,9-14,19H2,1-3H3;2*1H. The van der Waals surface area contributed by atoms with E-state index in [1.807, 2.05) is 25.2 Å². The number of morpholine rings is 1. The fourth-order valence-electron chi connectivity index (χ4n) is 2.87. The van der Waals surface area contributed by atoms with Crippen LogP contribution >= 0.6 is 24.8 Å². The van der Waals surface area contributed by atoms with Crippen molar-refractivity contribution in [3.05, 3.63) is 35.9 Å². The molecule has 0 spiro atoms. The topological polar surface area (TPSA) is 58.8 Å². The number of hydrogen-bond acceptors (Lipinski definition) is 4. The molecule has 0 aliphatic carbocycles. The Morgan fingerprint density at radius 1 is 1.32 bits per heavy atom. The van der Waals surface area contributed by atoms with Crippen LogP contribution in [0.1, 0.15) is 19.4 Å². The minimum atomic E-state index is -0.383. The van der Waals surface area contributed by atoms with Gasteiger partial charge >= 0.3 is 0 Å². The fraction of sp³-hybridized carbons (Fsp3) is 0.611. The van der Waals surface area contributed by atoms with Gasteiger partial charge in [-0.15, -0.1) is 24.8 Å². The van der Waals surface area contributed by atoms with Crippen LogP contribution in [0, 0.1) is 5.41 Å². The molecule has 1 amide bonds. The van der Waals surface area contributed by atoms with Gasteiger partial charge < -0.3 is 15.4 Å². The summed E-state index contributed by atoms with van der Waals surface area (Å²) in [6, 6.07) is 10.3. The number of nitrogens with two attached hydrogens (primary N) is 1. The van der Waals surface area contributed by atoms with Crippen LogP contribution < -0.4 is 5.73 Å². The lowest BCUT2D eigenvalue weighted by Gasteiger charge is -2.36. The number of ether oxygens (including phenoxy) is 1. The van der Waals surface area contributed by atoms with Gasteiger partial charge in [0.15, 0.2) is 0 Å². The Kier molecular flexibility index (Phi) is 10.6. The first-order chi connectivity index (χ1) is 10.9. The van der Waals surface area contributed by atoms with Gasteiger partial charge in [-0.3, -0.25) is 9.69 Å². The van der Waals surface area contributed by atoms with Crippen LogP contribution in [0.5, 0.6) is 0 Å². The number of rotatable bonds is 6. The summed E-state index contributed by atoms with van der Waals surface area (Å²) < 4.78 is 5.71. The van der Waals surface area contributed by atoms with Gasteiger partial charge in [-0.25, -0.2) is 0 Å². The summed E-state index contributed by atoms with van der Waals surface area (Å²) in [5, 5.41) is 0. The number of amides is 1. The lowest BCUT2D eigenvalue weighted by Crippen LogP contribution is -2.51. The van der Waals surface area contributed by atoms with Gasteiger partial charge in [0.2, 0.25) is 0 Å².